The van der Waals surface area contributed by atoms with E-state index in [0.29, 0.717) is 27.7 Å². The fourth-order valence-electron chi connectivity index (χ4n) is 3.40. The van der Waals surface area contributed by atoms with Crippen LogP contribution in [0, 0.1) is 13.8 Å². The SMILES string of the molecule is COC(=O)c1sccc1NC(=O)CN1C(=O)CC(c2cccs2)=Nc2cc(C)c(C)cc21. The average molecular weight is 468 g/mol. The van der Waals surface area contributed by atoms with E-state index in [1.165, 1.54) is 34.7 Å². The maximum Gasteiger partial charge on any atom is 0.350 e. The second kappa shape index (κ2) is 9.05. The van der Waals surface area contributed by atoms with Crippen molar-refractivity contribution in [1.82, 2.24) is 0 Å². The Kier molecular flexibility index (Phi) is 6.20. The lowest BCUT2D eigenvalue weighted by Gasteiger charge is -2.23. The smallest absolute Gasteiger partial charge is 0.350 e. The molecule has 0 aliphatic carbocycles. The molecular formula is C23H21N3O4S2. The number of rotatable bonds is 5. The van der Waals surface area contributed by atoms with E-state index in [0.717, 1.165) is 16.0 Å². The van der Waals surface area contributed by atoms with Crippen LogP contribution in [0.4, 0.5) is 17.1 Å². The maximum absolute atomic E-state index is 13.2. The van der Waals surface area contributed by atoms with Gasteiger partial charge < -0.3 is 15.0 Å². The number of hydrogen-bond donors (Lipinski definition) is 1. The minimum atomic E-state index is -0.522. The number of carbonyl (C=O) groups is 3. The van der Waals surface area contributed by atoms with Gasteiger partial charge in [0.25, 0.3) is 0 Å². The van der Waals surface area contributed by atoms with Gasteiger partial charge in [-0.1, -0.05) is 6.07 Å². The van der Waals surface area contributed by atoms with E-state index in [1.54, 1.807) is 11.4 Å². The summed E-state index contributed by atoms with van der Waals surface area (Å²) in [5, 5.41) is 6.37. The Hall–Kier alpha value is -3.30. The fourth-order valence-corrected chi connectivity index (χ4v) is 4.88. The minimum absolute atomic E-state index is 0.0897. The number of aliphatic imine (C=N–C) groups is 1. The van der Waals surface area contributed by atoms with Gasteiger partial charge in [0.05, 0.1) is 36.3 Å². The van der Waals surface area contributed by atoms with Crippen molar-refractivity contribution in [3.8, 4) is 0 Å². The van der Waals surface area contributed by atoms with E-state index in [-0.39, 0.29) is 18.9 Å². The molecule has 4 rings (SSSR count). The van der Waals surface area contributed by atoms with Crippen molar-refractivity contribution in [3.05, 3.63) is 62.0 Å². The Labute approximate surface area is 193 Å². The Balaban J connectivity index is 1.65. The highest BCUT2D eigenvalue weighted by Gasteiger charge is 2.28. The normalized spacial score (nSPS) is 13.3. The second-order valence-corrected chi connectivity index (χ2v) is 9.18. The van der Waals surface area contributed by atoms with Gasteiger partial charge in [0.2, 0.25) is 11.8 Å². The molecule has 1 aromatic carbocycles. The third-order valence-electron chi connectivity index (χ3n) is 5.17. The summed E-state index contributed by atoms with van der Waals surface area (Å²) >= 11 is 2.70. The summed E-state index contributed by atoms with van der Waals surface area (Å²) in [5.41, 5.74) is 4.35. The summed E-state index contributed by atoms with van der Waals surface area (Å²) in [6.45, 7) is 3.75. The first-order valence-corrected chi connectivity index (χ1v) is 11.6. The zero-order chi connectivity index (χ0) is 22.8. The lowest BCUT2D eigenvalue weighted by Crippen LogP contribution is -2.38. The molecule has 0 unspecified atom stereocenters. The number of hydrogen-bond acceptors (Lipinski definition) is 7. The molecule has 2 aromatic heterocycles. The third-order valence-corrected chi connectivity index (χ3v) is 6.99. The molecule has 164 valence electrons. The molecule has 1 aliphatic heterocycles. The largest absolute Gasteiger partial charge is 0.465 e. The van der Waals surface area contributed by atoms with Gasteiger partial charge in [0, 0.05) is 4.88 Å². The van der Waals surface area contributed by atoms with Crippen molar-refractivity contribution in [2.45, 2.75) is 20.3 Å². The van der Waals surface area contributed by atoms with Gasteiger partial charge in [0.15, 0.2) is 0 Å². The average Bonchev–Trinajstić information content (AvgIpc) is 3.43. The van der Waals surface area contributed by atoms with Gasteiger partial charge in [-0.3, -0.25) is 9.59 Å². The molecule has 0 spiro atoms. The van der Waals surface area contributed by atoms with Crippen molar-refractivity contribution in [1.29, 1.82) is 0 Å². The van der Waals surface area contributed by atoms with Crippen LogP contribution in [-0.4, -0.2) is 37.1 Å². The molecule has 3 aromatic rings. The zero-order valence-corrected chi connectivity index (χ0v) is 19.4. The standard InChI is InChI=1S/C23H21N3O4S2/c1-13-9-16-18(10-14(13)2)26(21(28)11-17(24-16)19-5-4-7-31-19)12-20(27)25-15-6-8-32-22(15)23(29)30-3/h4-10H,11-12H2,1-3H3,(H,25,27). The summed E-state index contributed by atoms with van der Waals surface area (Å²) in [5.74, 6) is -1.15. The van der Waals surface area contributed by atoms with Crippen molar-refractivity contribution < 1.29 is 19.1 Å². The van der Waals surface area contributed by atoms with Crippen LogP contribution in [0.25, 0.3) is 0 Å². The molecule has 0 fully saturated rings. The summed E-state index contributed by atoms with van der Waals surface area (Å²) in [6, 6.07) is 9.32. The van der Waals surface area contributed by atoms with Crippen molar-refractivity contribution in [2.24, 2.45) is 4.99 Å². The number of fused-ring (bicyclic) bond motifs is 1. The molecule has 0 saturated carbocycles. The number of thiophene rings is 2. The van der Waals surface area contributed by atoms with E-state index in [2.05, 4.69) is 5.32 Å². The number of aryl methyl sites for hydroxylation is 2. The van der Waals surface area contributed by atoms with Crippen LogP contribution in [0.3, 0.4) is 0 Å². The summed E-state index contributed by atoms with van der Waals surface area (Å²) in [7, 11) is 1.29. The van der Waals surface area contributed by atoms with Gasteiger partial charge in [-0.2, -0.15) is 0 Å². The van der Waals surface area contributed by atoms with Crippen molar-refractivity contribution >= 4 is 63.2 Å². The summed E-state index contributed by atoms with van der Waals surface area (Å²) in [4.78, 5) is 45.5. The van der Waals surface area contributed by atoms with Crippen LogP contribution in [-0.2, 0) is 14.3 Å². The predicted octanol–water partition coefficient (Wildman–Crippen LogP) is 4.71. The fraction of sp³-hybridized carbons (Fsp3) is 0.217. The lowest BCUT2D eigenvalue weighted by atomic mass is 10.1. The van der Waals surface area contributed by atoms with E-state index in [9.17, 15) is 14.4 Å². The summed E-state index contributed by atoms with van der Waals surface area (Å²) in [6.07, 6.45) is 0.0897. The Morgan fingerprint density at radius 2 is 1.94 bits per heavy atom. The number of amides is 2. The van der Waals surface area contributed by atoms with E-state index >= 15 is 0 Å². The van der Waals surface area contributed by atoms with Crippen LogP contribution in [0.15, 0.2) is 46.1 Å². The minimum Gasteiger partial charge on any atom is -0.465 e. The van der Waals surface area contributed by atoms with Crippen LogP contribution >= 0.6 is 22.7 Å². The highest BCUT2D eigenvalue weighted by Crippen LogP contribution is 2.36. The molecule has 0 bridgehead atoms. The van der Waals surface area contributed by atoms with Gasteiger partial charge in [-0.05, 0) is 60.0 Å². The monoisotopic (exact) mass is 467 g/mol. The molecule has 9 heteroatoms. The molecule has 2 amide bonds. The van der Waals surface area contributed by atoms with Crippen LogP contribution in [0.2, 0.25) is 0 Å². The van der Waals surface area contributed by atoms with Gasteiger partial charge in [-0.15, -0.1) is 22.7 Å². The quantitative estimate of drug-likeness (QED) is 0.551. The number of carbonyl (C=O) groups excluding carboxylic acids is 3. The van der Waals surface area contributed by atoms with Gasteiger partial charge in [0.1, 0.15) is 11.4 Å². The highest BCUT2D eigenvalue weighted by molar-refractivity contribution is 7.12. The molecule has 0 atom stereocenters. The molecular weight excluding hydrogens is 446 g/mol. The zero-order valence-electron chi connectivity index (χ0n) is 17.8. The first-order valence-electron chi connectivity index (χ1n) is 9.86. The van der Waals surface area contributed by atoms with E-state index in [4.69, 9.17) is 9.73 Å². The number of nitrogens with zero attached hydrogens (tertiary/aromatic N) is 2. The first kappa shape index (κ1) is 21.9. The van der Waals surface area contributed by atoms with Gasteiger partial charge >= 0.3 is 5.97 Å². The molecule has 1 N–H and O–H groups in total. The number of esters is 1. The van der Waals surface area contributed by atoms with Crippen LogP contribution < -0.4 is 10.2 Å². The van der Waals surface area contributed by atoms with E-state index in [1.807, 2.05) is 43.5 Å². The molecule has 7 nitrogen and oxygen atoms in total. The Bertz CT molecular complexity index is 1230. The molecule has 3 heterocycles. The second-order valence-electron chi connectivity index (χ2n) is 7.32. The van der Waals surface area contributed by atoms with Crippen molar-refractivity contribution in [2.75, 3.05) is 23.9 Å². The number of ether oxygens (including phenoxy) is 1. The topological polar surface area (TPSA) is 88.1 Å². The van der Waals surface area contributed by atoms with Crippen molar-refractivity contribution in [3.63, 3.8) is 0 Å². The molecule has 32 heavy (non-hydrogen) atoms. The highest BCUT2D eigenvalue weighted by atomic mass is 32.1. The number of benzene rings is 1. The van der Waals surface area contributed by atoms with E-state index < -0.39 is 11.9 Å². The third kappa shape index (κ3) is 4.35. The Morgan fingerprint density at radius 1 is 1.16 bits per heavy atom. The number of nitrogens with one attached hydrogen (secondary N) is 1. The predicted molar refractivity (Wildman–Crippen MR) is 128 cm³/mol. The molecule has 0 radical (unpaired) electrons. The molecule has 1 aliphatic rings. The first-order chi connectivity index (χ1) is 15.4. The van der Waals surface area contributed by atoms with Crippen LogP contribution in [0.1, 0.15) is 32.1 Å². The number of methoxy groups -OCH3 is 1. The van der Waals surface area contributed by atoms with Gasteiger partial charge in [-0.25, -0.2) is 9.79 Å². The summed E-state index contributed by atoms with van der Waals surface area (Å²) < 4.78 is 4.76. The molecule has 0 saturated heterocycles. The number of anilines is 2. The Morgan fingerprint density at radius 3 is 2.66 bits per heavy atom. The maximum atomic E-state index is 13.2. The lowest BCUT2D eigenvalue weighted by molar-refractivity contribution is -0.120. The van der Waals surface area contributed by atoms with Crippen LogP contribution in [0.5, 0.6) is 0 Å².